The van der Waals surface area contributed by atoms with Crippen molar-refractivity contribution in [3.8, 4) is 0 Å². The standard InChI is InChI=1S/C20H33ClFN9O/c1-28-2-3-29-4-5-30(11-13(29)10-28)17-14(21)7-24-8-15(17)26-20(32)16-18(23)27-31-9-12(22)6-25-19(16)31/h12-15,17,24-25H,2-11H2,1H3,(H2,23,27)(H,26,32). The molecule has 3 saturated heterocycles. The highest BCUT2D eigenvalue weighted by Crippen LogP contribution is 2.27. The first kappa shape index (κ1) is 22.1. The molecule has 0 spiro atoms. The molecule has 5 atom stereocenters. The Kier molecular flexibility index (Phi) is 6.19. The molecule has 0 bridgehead atoms. The molecule has 0 aliphatic carbocycles. The third-order valence-electron chi connectivity index (χ3n) is 7.22. The number of carbonyl (C=O) groups is 1. The number of alkyl halides is 2. The maximum absolute atomic E-state index is 13.7. The summed E-state index contributed by atoms with van der Waals surface area (Å²) in [7, 11) is 2.17. The molecule has 1 aromatic heterocycles. The van der Waals surface area contributed by atoms with Crippen molar-refractivity contribution in [1.82, 2.24) is 35.1 Å². The number of nitrogens with zero attached hydrogens (tertiary/aromatic N) is 5. The number of hydrogen-bond donors (Lipinski definition) is 4. The van der Waals surface area contributed by atoms with Crippen LogP contribution in [0.25, 0.3) is 0 Å². The van der Waals surface area contributed by atoms with E-state index in [1.165, 1.54) is 4.68 Å². The van der Waals surface area contributed by atoms with Crippen molar-refractivity contribution in [2.75, 3.05) is 77.0 Å². The molecule has 5 heterocycles. The summed E-state index contributed by atoms with van der Waals surface area (Å²) in [6, 6.07) is 0.333. The second-order valence-corrected chi connectivity index (χ2v) is 10.0. The van der Waals surface area contributed by atoms with Crippen LogP contribution in [0.4, 0.5) is 16.0 Å². The summed E-state index contributed by atoms with van der Waals surface area (Å²) >= 11 is 6.81. The summed E-state index contributed by atoms with van der Waals surface area (Å²) in [5, 5.41) is 13.5. The Balaban J connectivity index is 1.32. The summed E-state index contributed by atoms with van der Waals surface area (Å²) < 4.78 is 15.2. The van der Waals surface area contributed by atoms with Crippen LogP contribution in [0, 0.1) is 0 Å². The number of hydrogen-bond acceptors (Lipinski definition) is 8. The minimum atomic E-state index is -1.06. The number of nitrogens with two attached hydrogens (primary N) is 1. The Morgan fingerprint density at radius 1 is 1.16 bits per heavy atom. The predicted molar refractivity (Wildman–Crippen MR) is 122 cm³/mol. The molecule has 12 heteroatoms. The number of fused-ring (bicyclic) bond motifs is 2. The second kappa shape index (κ2) is 8.94. The van der Waals surface area contributed by atoms with Gasteiger partial charge in [0.15, 0.2) is 5.82 Å². The third kappa shape index (κ3) is 4.16. The molecule has 5 N–H and O–H groups in total. The van der Waals surface area contributed by atoms with Crippen molar-refractivity contribution in [1.29, 1.82) is 0 Å². The highest BCUT2D eigenvalue weighted by Gasteiger charge is 2.42. The number of amides is 1. The van der Waals surface area contributed by atoms with Crippen molar-refractivity contribution in [3.63, 3.8) is 0 Å². The largest absolute Gasteiger partial charge is 0.381 e. The normalized spacial score (nSPS) is 34.4. The first-order valence-electron chi connectivity index (χ1n) is 11.5. The summed E-state index contributed by atoms with van der Waals surface area (Å²) in [6.45, 7) is 7.72. The zero-order valence-electron chi connectivity index (χ0n) is 18.4. The molecule has 32 heavy (non-hydrogen) atoms. The maximum Gasteiger partial charge on any atom is 0.259 e. The summed E-state index contributed by atoms with van der Waals surface area (Å²) in [4.78, 5) is 20.7. The number of nitrogens with one attached hydrogen (secondary N) is 3. The van der Waals surface area contributed by atoms with Gasteiger partial charge in [0.1, 0.15) is 17.6 Å². The minimum Gasteiger partial charge on any atom is -0.381 e. The number of piperidine rings is 1. The van der Waals surface area contributed by atoms with Crippen LogP contribution in [-0.4, -0.2) is 126 Å². The molecule has 1 aromatic rings. The quantitative estimate of drug-likeness (QED) is 0.411. The molecule has 0 radical (unpaired) electrons. The van der Waals surface area contributed by atoms with Gasteiger partial charge in [-0.25, -0.2) is 9.07 Å². The van der Waals surface area contributed by atoms with E-state index in [2.05, 4.69) is 42.8 Å². The average Bonchev–Trinajstić information content (AvgIpc) is 3.08. The molecular weight excluding hydrogens is 437 g/mol. The van der Waals surface area contributed by atoms with Crippen LogP contribution in [-0.2, 0) is 6.54 Å². The molecule has 4 aliphatic rings. The fourth-order valence-electron chi connectivity index (χ4n) is 5.61. The SMILES string of the molecule is CN1CCN2CCN(C3C(Cl)CNCC3NC(=O)c3c(N)nn4c3NCC(F)C4)CC2C1. The van der Waals surface area contributed by atoms with Gasteiger partial charge in [-0.3, -0.25) is 14.6 Å². The lowest BCUT2D eigenvalue weighted by molar-refractivity contribution is -0.00644. The van der Waals surface area contributed by atoms with Crippen LogP contribution in [0.3, 0.4) is 0 Å². The van der Waals surface area contributed by atoms with E-state index in [9.17, 15) is 9.18 Å². The number of aromatic nitrogens is 2. The fraction of sp³-hybridized carbons (Fsp3) is 0.800. The van der Waals surface area contributed by atoms with Crippen molar-refractivity contribution < 1.29 is 9.18 Å². The van der Waals surface area contributed by atoms with E-state index in [0.717, 1.165) is 39.3 Å². The highest BCUT2D eigenvalue weighted by molar-refractivity contribution is 6.21. The van der Waals surface area contributed by atoms with E-state index >= 15 is 0 Å². The summed E-state index contributed by atoms with van der Waals surface area (Å²) in [6.07, 6.45) is -1.06. The zero-order valence-corrected chi connectivity index (χ0v) is 19.2. The predicted octanol–water partition coefficient (Wildman–Crippen LogP) is -1.16. The van der Waals surface area contributed by atoms with Gasteiger partial charge in [0, 0.05) is 71.0 Å². The van der Waals surface area contributed by atoms with Crippen LogP contribution in [0.5, 0.6) is 0 Å². The number of halogens is 2. The smallest absolute Gasteiger partial charge is 0.259 e. The molecule has 5 rings (SSSR count). The van der Waals surface area contributed by atoms with Crippen LogP contribution < -0.4 is 21.7 Å². The van der Waals surface area contributed by atoms with Crippen LogP contribution in [0.2, 0.25) is 0 Å². The van der Waals surface area contributed by atoms with Crippen molar-refractivity contribution in [3.05, 3.63) is 5.56 Å². The van der Waals surface area contributed by atoms with Gasteiger partial charge in [-0.15, -0.1) is 11.6 Å². The van der Waals surface area contributed by atoms with E-state index < -0.39 is 6.17 Å². The summed E-state index contributed by atoms with van der Waals surface area (Å²) in [5.41, 5.74) is 6.33. The summed E-state index contributed by atoms with van der Waals surface area (Å²) in [5.74, 6) is 0.295. The molecular formula is C20H33ClFN9O. The Labute approximate surface area is 192 Å². The van der Waals surface area contributed by atoms with Crippen LogP contribution in [0.1, 0.15) is 10.4 Å². The average molecular weight is 470 g/mol. The van der Waals surface area contributed by atoms with Gasteiger partial charge in [0.05, 0.1) is 18.0 Å². The minimum absolute atomic E-state index is 0.0204. The van der Waals surface area contributed by atoms with E-state index in [1.807, 2.05) is 0 Å². The number of rotatable bonds is 3. The molecule has 0 aromatic carbocycles. The molecule has 10 nitrogen and oxygen atoms in total. The fourth-order valence-corrected chi connectivity index (χ4v) is 6.06. The van der Waals surface area contributed by atoms with E-state index in [-0.39, 0.29) is 47.8 Å². The molecule has 1 amide bonds. The van der Waals surface area contributed by atoms with Gasteiger partial charge >= 0.3 is 0 Å². The number of likely N-dealkylation sites (N-methyl/N-ethyl adjacent to an activating group) is 1. The van der Waals surface area contributed by atoms with Crippen molar-refractivity contribution in [2.24, 2.45) is 0 Å². The monoisotopic (exact) mass is 469 g/mol. The molecule has 178 valence electrons. The van der Waals surface area contributed by atoms with Crippen molar-refractivity contribution >= 4 is 29.1 Å². The molecule has 5 unspecified atom stereocenters. The van der Waals surface area contributed by atoms with E-state index in [1.54, 1.807) is 0 Å². The Hall–Kier alpha value is -1.66. The van der Waals surface area contributed by atoms with Gasteiger partial charge in [0.25, 0.3) is 5.91 Å². The lowest BCUT2D eigenvalue weighted by Gasteiger charge is -2.51. The Morgan fingerprint density at radius 3 is 2.78 bits per heavy atom. The van der Waals surface area contributed by atoms with Gasteiger partial charge in [-0.05, 0) is 7.05 Å². The van der Waals surface area contributed by atoms with Crippen LogP contribution in [0.15, 0.2) is 0 Å². The first-order chi connectivity index (χ1) is 15.4. The second-order valence-electron chi connectivity index (χ2n) is 9.46. The van der Waals surface area contributed by atoms with Gasteiger partial charge in [-0.1, -0.05) is 0 Å². The molecule has 0 saturated carbocycles. The maximum atomic E-state index is 13.7. The Bertz CT molecular complexity index is 853. The Morgan fingerprint density at radius 2 is 1.94 bits per heavy atom. The van der Waals surface area contributed by atoms with Gasteiger partial charge in [-0.2, -0.15) is 5.10 Å². The van der Waals surface area contributed by atoms with Gasteiger partial charge in [0.2, 0.25) is 0 Å². The number of anilines is 2. The number of carbonyl (C=O) groups excluding carboxylic acids is 1. The topological polar surface area (TPSA) is 107 Å². The number of nitrogen functional groups attached to an aromatic ring is 1. The third-order valence-corrected chi connectivity index (χ3v) is 7.63. The highest BCUT2D eigenvalue weighted by atomic mass is 35.5. The lowest BCUT2D eigenvalue weighted by atomic mass is 9.95. The number of piperazine rings is 2. The van der Waals surface area contributed by atoms with E-state index in [4.69, 9.17) is 17.3 Å². The van der Waals surface area contributed by atoms with Crippen LogP contribution >= 0.6 is 11.6 Å². The van der Waals surface area contributed by atoms with Gasteiger partial charge < -0.3 is 26.6 Å². The lowest BCUT2D eigenvalue weighted by Crippen LogP contribution is -2.70. The molecule has 3 fully saturated rings. The molecule has 4 aliphatic heterocycles. The first-order valence-corrected chi connectivity index (χ1v) is 11.9. The van der Waals surface area contributed by atoms with E-state index in [0.29, 0.717) is 24.9 Å². The zero-order chi connectivity index (χ0) is 22.4. The van der Waals surface area contributed by atoms with Crippen molar-refractivity contribution in [2.45, 2.75) is 36.2 Å².